The molecule has 0 aromatic heterocycles. The second-order valence-electron chi connectivity index (χ2n) is 6.99. The number of hydrogen-bond acceptors (Lipinski definition) is 4. The third-order valence-corrected chi connectivity index (χ3v) is 5.16. The molecule has 0 unspecified atom stereocenters. The predicted octanol–water partition coefficient (Wildman–Crippen LogP) is 3.18. The van der Waals surface area contributed by atoms with Crippen molar-refractivity contribution < 1.29 is 14.3 Å². The predicted molar refractivity (Wildman–Crippen MR) is 109 cm³/mol. The lowest BCUT2D eigenvalue weighted by molar-refractivity contribution is -0.125. The fourth-order valence-electron chi connectivity index (χ4n) is 3.05. The first-order valence-electron chi connectivity index (χ1n) is 9.62. The average Bonchev–Trinajstić information content (AvgIpc) is 2.71. The molecule has 1 aromatic carbocycles. The van der Waals surface area contributed by atoms with Crippen LogP contribution in [-0.2, 0) is 9.59 Å². The monoisotopic (exact) mass is 391 g/mol. The molecule has 2 amide bonds. The molecule has 0 saturated heterocycles. The van der Waals surface area contributed by atoms with Gasteiger partial charge in [0.15, 0.2) is 11.7 Å². The van der Waals surface area contributed by atoms with Gasteiger partial charge in [0.25, 0.3) is 5.91 Å². The van der Waals surface area contributed by atoms with Gasteiger partial charge in [-0.2, -0.15) is 0 Å². The Bertz CT molecular complexity index is 642. The van der Waals surface area contributed by atoms with Crippen LogP contribution in [0.3, 0.4) is 0 Å². The summed E-state index contributed by atoms with van der Waals surface area (Å²) >= 11 is 5.05. The summed E-state index contributed by atoms with van der Waals surface area (Å²) in [5.74, 6) is 0.673. The fraction of sp³-hybridized carbons (Fsp3) is 0.550. The van der Waals surface area contributed by atoms with E-state index >= 15 is 0 Å². The molecule has 148 valence electrons. The first kappa shape index (κ1) is 21.2. The molecule has 3 N–H and O–H groups in total. The van der Waals surface area contributed by atoms with Gasteiger partial charge in [-0.1, -0.05) is 45.2 Å². The maximum Gasteiger partial charge on any atom is 0.276 e. The maximum absolute atomic E-state index is 12.1. The van der Waals surface area contributed by atoms with Crippen molar-refractivity contribution in [1.82, 2.24) is 16.2 Å². The van der Waals surface area contributed by atoms with Crippen molar-refractivity contribution in [1.29, 1.82) is 0 Å². The molecular formula is C20H29N3O3S. The van der Waals surface area contributed by atoms with Crippen LogP contribution in [0.5, 0.6) is 5.75 Å². The van der Waals surface area contributed by atoms with E-state index in [1.54, 1.807) is 0 Å². The van der Waals surface area contributed by atoms with E-state index in [0.717, 1.165) is 32.1 Å². The van der Waals surface area contributed by atoms with E-state index < -0.39 is 0 Å². The lowest BCUT2D eigenvalue weighted by Gasteiger charge is -2.21. The molecule has 0 radical (unpaired) electrons. The summed E-state index contributed by atoms with van der Waals surface area (Å²) in [4.78, 5) is 23.9. The van der Waals surface area contributed by atoms with Crippen LogP contribution < -0.4 is 20.9 Å². The van der Waals surface area contributed by atoms with Gasteiger partial charge in [0.1, 0.15) is 5.75 Å². The first-order valence-corrected chi connectivity index (χ1v) is 10.0. The zero-order valence-electron chi connectivity index (χ0n) is 16.0. The van der Waals surface area contributed by atoms with Crippen molar-refractivity contribution in [3.8, 4) is 5.75 Å². The van der Waals surface area contributed by atoms with Crippen LogP contribution in [0.2, 0.25) is 0 Å². The van der Waals surface area contributed by atoms with Crippen LogP contribution in [0.25, 0.3) is 0 Å². The normalized spacial score (nSPS) is 15.5. The molecule has 6 nitrogen and oxygen atoms in total. The van der Waals surface area contributed by atoms with E-state index in [9.17, 15) is 9.59 Å². The Balaban J connectivity index is 1.66. The Hall–Kier alpha value is -2.15. The largest absolute Gasteiger partial charge is 0.484 e. The van der Waals surface area contributed by atoms with Gasteiger partial charge in [-0.15, -0.1) is 0 Å². The number of benzene rings is 1. The zero-order valence-corrected chi connectivity index (χ0v) is 16.9. The van der Waals surface area contributed by atoms with E-state index in [4.69, 9.17) is 17.0 Å². The SMILES string of the molecule is CC[C@@H](C)c1ccc(OCC(=O)NNC(=S)NC(=O)C2CCCCC2)cc1. The smallest absolute Gasteiger partial charge is 0.276 e. The highest BCUT2D eigenvalue weighted by molar-refractivity contribution is 7.80. The van der Waals surface area contributed by atoms with Crippen LogP contribution in [0.1, 0.15) is 63.9 Å². The molecule has 1 aliphatic rings. The van der Waals surface area contributed by atoms with Gasteiger partial charge in [0.2, 0.25) is 5.91 Å². The van der Waals surface area contributed by atoms with Gasteiger partial charge in [0, 0.05) is 5.92 Å². The molecule has 0 heterocycles. The van der Waals surface area contributed by atoms with Crippen molar-refractivity contribution in [2.75, 3.05) is 6.61 Å². The number of carbonyl (C=O) groups is 2. The van der Waals surface area contributed by atoms with Gasteiger partial charge >= 0.3 is 0 Å². The van der Waals surface area contributed by atoms with E-state index in [0.29, 0.717) is 11.7 Å². The van der Waals surface area contributed by atoms with Crippen LogP contribution in [0.4, 0.5) is 0 Å². The van der Waals surface area contributed by atoms with Crippen LogP contribution in [0, 0.1) is 5.92 Å². The number of amides is 2. The maximum atomic E-state index is 12.1. The molecular weight excluding hydrogens is 362 g/mol. The zero-order chi connectivity index (χ0) is 19.6. The third kappa shape index (κ3) is 7.17. The topological polar surface area (TPSA) is 79.5 Å². The lowest BCUT2D eigenvalue weighted by atomic mass is 9.89. The molecule has 1 atom stereocenters. The molecule has 1 fully saturated rings. The third-order valence-electron chi connectivity index (χ3n) is 4.96. The van der Waals surface area contributed by atoms with E-state index in [1.165, 1.54) is 12.0 Å². The molecule has 0 spiro atoms. The summed E-state index contributed by atoms with van der Waals surface area (Å²) in [6.45, 7) is 4.17. The minimum Gasteiger partial charge on any atom is -0.484 e. The molecule has 27 heavy (non-hydrogen) atoms. The van der Waals surface area contributed by atoms with Gasteiger partial charge < -0.3 is 10.1 Å². The van der Waals surface area contributed by atoms with E-state index in [2.05, 4.69) is 30.0 Å². The van der Waals surface area contributed by atoms with Crippen LogP contribution in [-0.4, -0.2) is 23.5 Å². The second-order valence-corrected chi connectivity index (χ2v) is 7.40. The molecule has 1 aromatic rings. The minimum atomic E-state index is -0.379. The Morgan fingerprint density at radius 1 is 1.15 bits per heavy atom. The van der Waals surface area contributed by atoms with Gasteiger partial charge in [-0.3, -0.25) is 20.4 Å². The second kappa shape index (κ2) is 10.9. The standard InChI is InChI=1S/C20H29N3O3S/c1-3-14(2)15-9-11-17(12-10-15)26-13-18(24)22-23-20(27)21-19(25)16-7-5-4-6-8-16/h9-12,14,16H,3-8,13H2,1-2H3,(H,22,24)(H2,21,23,25,27)/t14-/m1/s1. The number of carbonyl (C=O) groups excluding carboxylic acids is 2. The molecule has 7 heteroatoms. The molecule has 0 aliphatic heterocycles. The van der Waals surface area contributed by atoms with Gasteiger partial charge in [-0.25, -0.2) is 0 Å². The van der Waals surface area contributed by atoms with Crippen LogP contribution >= 0.6 is 12.2 Å². The highest BCUT2D eigenvalue weighted by Crippen LogP contribution is 2.23. The van der Waals surface area contributed by atoms with Crippen molar-refractivity contribution in [2.24, 2.45) is 5.92 Å². The number of rotatable bonds is 6. The van der Waals surface area contributed by atoms with Gasteiger partial charge in [-0.05, 0) is 55.1 Å². The quantitative estimate of drug-likeness (QED) is 0.513. The summed E-state index contributed by atoms with van der Waals surface area (Å²) in [5, 5.41) is 2.72. The molecule has 1 aliphatic carbocycles. The highest BCUT2D eigenvalue weighted by atomic mass is 32.1. The van der Waals surface area contributed by atoms with Crippen molar-refractivity contribution >= 4 is 29.1 Å². The van der Waals surface area contributed by atoms with Crippen molar-refractivity contribution in [2.45, 2.75) is 58.3 Å². The van der Waals surface area contributed by atoms with E-state index in [1.807, 2.05) is 24.3 Å². The number of nitrogens with one attached hydrogen (secondary N) is 3. The first-order chi connectivity index (χ1) is 13.0. The Labute approximate surface area is 166 Å². The number of hydrogen-bond donors (Lipinski definition) is 3. The van der Waals surface area contributed by atoms with Crippen LogP contribution in [0.15, 0.2) is 24.3 Å². The summed E-state index contributed by atoms with van der Waals surface area (Å²) in [6, 6.07) is 7.74. The Morgan fingerprint density at radius 3 is 2.44 bits per heavy atom. The Kier molecular flexibility index (Phi) is 8.51. The molecule has 0 bridgehead atoms. The van der Waals surface area contributed by atoms with E-state index in [-0.39, 0.29) is 29.5 Å². The fourth-order valence-corrected chi connectivity index (χ4v) is 3.20. The Morgan fingerprint density at radius 2 is 1.81 bits per heavy atom. The summed E-state index contributed by atoms with van der Waals surface area (Å²) in [7, 11) is 0. The van der Waals surface area contributed by atoms with Crippen molar-refractivity contribution in [3.63, 3.8) is 0 Å². The minimum absolute atomic E-state index is 0.0101. The highest BCUT2D eigenvalue weighted by Gasteiger charge is 2.21. The van der Waals surface area contributed by atoms with Gasteiger partial charge in [0.05, 0.1) is 0 Å². The summed E-state index contributed by atoms with van der Waals surface area (Å²) < 4.78 is 5.46. The van der Waals surface area contributed by atoms with Crippen molar-refractivity contribution in [3.05, 3.63) is 29.8 Å². The summed E-state index contributed by atoms with van der Waals surface area (Å²) in [5.41, 5.74) is 6.22. The molecule has 1 saturated carbocycles. The number of ether oxygens (including phenoxy) is 1. The lowest BCUT2D eigenvalue weighted by Crippen LogP contribution is -2.50. The number of hydrazine groups is 1. The number of thiocarbonyl (C=S) groups is 1. The molecule has 2 rings (SSSR count). The summed E-state index contributed by atoms with van der Waals surface area (Å²) in [6.07, 6.45) is 6.19. The average molecular weight is 392 g/mol.